The second-order valence-corrected chi connectivity index (χ2v) is 9.39. The van der Waals surface area contributed by atoms with Gasteiger partial charge >= 0.3 is 6.03 Å². The van der Waals surface area contributed by atoms with E-state index in [1.807, 2.05) is 90.8 Å². The van der Waals surface area contributed by atoms with E-state index in [1.165, 1.54) is 0 Å². The average Bonchev–Trinajstić information content (AvgIpc) is 3.42. The molecule has 5 rings (SSSR count). The number of para-hydroxylation sites is 3. The van der Waals surface area contributed by atoms with Crippen molar-refractivity contribution in [1.29, 1.82) is 0 Å². The highest BCUT2D eigenvalue weighted by molar-refractivity contribution is 6.01. The molecule has 6 nitrogen and oxygen atoms in total. The summed E-state index contributed by atoms with van der Waals surface area (Å²) in [5.74, 6) is -0.121. The predicted octanol–water partition coefficient (Wildman–Crippen LogP) is 6.56. The van der Waals surface area contributed by atoms with E-state index in [0.29, 0.717) is 6.54 Å². The third-order valence-corrected chi connectivity index (χ3v) is 6.89. The maximum atomic E-state index is 14.2. The minimum absolute atomic E-state index is 0.0178. The van der Waals surface area contributed by atoms with E-state index in [4.69, 9.17) is 0 Å². The first-order chi connectivity index (χ1) is 18.1. The lowest BCUT2D eigenvalue weighted by molar-refractivity contribution is -0.119. The molecular weight excluding hydrogens is 460 g/mol. The number of benzene rings is 3. The number of nitrogens with one attached hydrogen (secondary N) is 1. The van der Waals surface area contributed by atoms with Crippen LogP contribution in [0.4, 0.5) is 16.2 Å². The summed E-state index contributed by atoms with van der Waals surface area (Å²) >= 11 is 0. The van der Waals surface area contributed by atoms with Crippen molar-refractivity contribution in [2.45, 2.75) is 32.7 Å². The van der Waals surface area contributed by atoms with Gasteiger partial charge in [0, 0.05) is 18.4 Å². The van der Waals surface area contributed by atoms with Crippen LogP contribution in [-0.2, 0) is 4.79 Å². The van der Waals surface area contributed by atoms with Crippen LogP contribution in [0.2, 0.25) is 0 Å². The number of carbonyl (C=O) groups is 2. The summed E-state index contributed by atoms with van der Waals surface area (Å²) in [4.78, 5) is 31.0. The molecule has 0 radical (unpaired) electrons. The summed E-state index contributed by atoms with van der Waals surface area (Å²) in [6.45, 7) is 4.53. The molecule has 0 saturated heterocycles. The number of anilines is 2. The Kier molecular flexibility index (Phi) is 7.08. The summed E-state index contributed by atoms with van der Waals surface area (Å²) in [5, 5.41) is 3.01. The second-order valence-electron chi connectivity index (χ2n) is 9.39. The van der Waals surface area contributed by atoms with Gasteiger partial charge in [0.05, 0.1) is 17.1 Å². The monoisotopic (exact) mass is 492 g/mol. The third kappa shape index (κ3) is 4.87. The molecule has 1 aliphatic heterocycles. The molecule has 0 saturated carbocycles. The number of unbranched alkanes of at least 4 members (excludes halogenated alkanes) is 1. The van der Waals surface area contributed by atoms with Crippen LogP contribution in [-0.4, -0.2) is 34.5 Å². The fourth-order valence-corrected chi connectivity index (χ4v) is 4.96. The quantitative estimate of drug-likeness (QED) is 0.318. The number of aryl methyl sites for hydroxylation is 1. The number of nitrogens with zero attached hydrogens (tertiary/aromatic N) is 3. The Hall–Kier alpha value is -4.32. The van der Waals surface area contributed by atoms with Crippen LogP contribution in [0.5, 0.6) is 0 Å². The molecule has 1 N–H and O–H groups in total. The summed E-state index contributed by atoms with van der Waals surface area (Å²) in [5.41, 5.74) is 5.56. The molecule has 1 aliphatic rings. The van der Waals surface area contributed by atoms with Crippen molar-refractivity contribution >= 4 is 23.3 Å². The Labute approximate surface area is 218 Å². The third-order valence-electron chi connectivity index (χ3n) is 6.89. The standard InChI is InChI=1S/C31H32N4O2/c1-3-4-20-33(31(37)32-25-16-9-8-13-23(25)2)22-29(36)35-27-18-11-10-17-26(27)34-21-12-19-28(34)30(35)24-14-6-5-7-15-24/h5-19,21,30H,3-4,20,22H2,1-2H3,(H,32,37). The summed E-state index contributed by atoms with van der Waals surface area (Å²) in [6, 6.07) is 29.2. The van der Waals surface area contributed by atoms with Crippen LogP contribution in [0.3, 0.4) is 0 Å². The molecular formula is C31H32N4O2. The van der Waals surface area contributed by atoms with Crippen LogP contribution in [0, 0.1) is 6.92 Å². The molecule has 188 valence electrons. The van der Waals surface area contributed by atoms with Gasteiger partial charge in [-0.05, 0) is 54.8 Å². The lowest BCUT2D eigenvalue weighted by Crippen LogP contribution is -2.48. The van der Waals surface area contributed by atoms with Crippen molar-refractivity contribution in [3.63, 3.8) is 0 Å². The number of hydrogen-bond donors (Lipinski definition) is 1. The largest absolute Gasteiger partial charge is 0.322 e. The van der Waals surface area contributed by atoms with Gasteiger partial charge in [0.15, 0.2) is 0 Å². The highest BCUT2D eigenvalue weighted by Crippen LogP contribution is 2.42. The van der Waals surface area contributed by atoms with Gasteiger partial charge in [-0.1, -0.05) is 74.0 Å². The van der Waals surface area contributed by atoms with Gasteiger partial charge in [0.1, 0.15) is 12.6 Å². The maximum absolute atomic E-state index is 14.2. The summed E-state index contributed by atoms with van der Waals surface area (Å²) in [6.07, 6.45) is 3.78. The van der Waals surface area contributed by atoms with Crippen molar-refractivity contribution in [1.82, 2.24) is 9.47 Å². The average molecular weight is 493 g/mol. The molecule has 3 amide bonds. The molecule has 3 aromatic carbocycles. The maximum Gasteiger partial charge on any atom is 0.322 e. The van der Waals surface area contributed by atoms with Crippen LogP contribution >= 0.6 is 0 Å². The van der Waals surface area contributed by atoms with E-state index < -0.39 is 0 Å². The van der Waals surface area contributed by atoms with E-state index >= 15 is 0 Å². The van der Waals surface area contributed by atoms with Gasteiger partial charge in [-0.2, -0.15) is 0 Å². The van der Waals surface area contributed by atoms with Gasteiger partial charge in [-0.3, -0.25) is 9.69 Å². The van der Waals surface area contributed by atoms with Gasteiger partial charge in [-0.25, -0.2) is 4.79 Å². The molecule has 1 unspecified atom stereocenters. The molecule has 37 heavy (non-hydrogen) atoms. The first kappa shape index (κ1) is 24.4. The zero-order valence-corrected chi connectivity index (χ0v) is 21.3. The van der Waals surface area contributed by atoms with Gasteiger partial charge in [-0.15, -0.1) is 0 Å². The van der Waals surface area contributed by atoms with Gasteiger partial charge in [0.25, 0.3) is 0 Å². The highest BCUT2D eigenvalue weighted by Gasteiger charge is 2.36. The van der Waals surface area contributed by atoms with Crippen molar-refractivity contribution in [3.05, 3.63) is 114 Å². The number of amides is 3. The Morgan fingerprint density at radius 1 is 0.865 bits per heavy atom. The van der Waals surface area contributed by atoms with E-state index in [9.17, 15) is 9.59 Å². The number of urea groups is 1. The minimum Gasteiger partial charge on any atom is -0.316 e. The molecule has 6 heteroatoms. The first-order valence-electron chi connectivity index (χ1n) is 12.8. The molecule has 2 heterocycles. The van der Waals surface area contributed by atoms with Gasteiger partial charge in [0.2, 0.25) is 5.91 Å². The fraction of sp³-hybridized carbons (Fsp3) is 0.226. The van der Waals surface area contributed by atoms with Crippen LogP contribution < -0.4 is 10.2 Å². The number of hydrogen-bond acceptors (Lipinski definition) is 2. The van der Waals surface area contributed by atoms with E-state index in [-0.39, 0.29) is 24.5 Å². The Balaban J connectivity index is 1.50. The normalized spacial score (nSPS) is 14.0. The molecule has 0 fully saturated rings. The van der Waals surface area contributed by atoms with Crippen molar-refractivity contribution < 1.29 is 9.59 Å². The molecule has 0 bridgehead atoms. The molecule has 1 atom stereocenters. The molecule has 0 aliphatic carbocycles. The van der Waals surface area contributed by atoms with Crippen molar-refractivity contribution in [2.24, 2.45) is 0 Å². The zero-order valence-electron chi connectivity index (χ0n) is 21.3. The van der Waals surface area contributed by atoms with Crippen molar-refractivity contribution in [3.8, 4) is 5.69 Å². The number of carbonyl (C=O) groups excluding carboxylic acids is 2. The smallest absolute Gasteiger partial charge is 0.316 e. The van der Waals surface area contributed by atoms with E-state index in [2.05, 4.69) is 35.0 Å². The zero-order chi connectivity index (χ0) is 25.8. The lowest BCUT2D eigenvalue weighted by Gasteiger charge is -2.39. The number of aromatic nitrogens is 1. The highest BCUT2D eigenvalue weighted by atomic mass is 16.2. The summed E-state index contributed by atoms with van der Waals surface area (Å²) < 4.78 is 2.15. The fourth-order valence-electron chi connectivity index (χ4n) is 4.96. The molecule has 0 spiro atoms. The van der Waals surface area contributed by atoms with E-state index in [0.717, 1.165) is 46.7 Å². The Morgan fingerprint density at radius 3 is 2.32 bits per heavy atom. The second kappa shape index (κ2) is 10.7. The Bertz CT molecular complexity index is 1400. The number of fused-ring (bicyclic) bond motifs is 3. The SMILES string of the molecule is CCCCN(CC(=O)N1c2ccccc2-n2cccc2C1c1ccccc1)C(=O)Nc1ccccc1C. The minimum atomic E-state index is -0.300. The van der Waals surface area contributed by atoms with Crippen LogP contribution in [0.25, 0.3) is 5.69 Å². The Morgan fingerprint density at radius 2 is 1.57 bits per heavy atom. The lowest BCUT2D eigenvalue weighted by atomic mass is 9.97. The predicted molar refractivity (Wildman–Crippen MR) is 148 cm³/mol. The van der Waals surface area contributed by atoms with Gasteiger partial charge < -0.3 is 14.8 Å². The van der Waals surface area contributed by atoms with E-state index in [1.54, 1.807) is 4.90 Å². The van der Waals surface area contributed by atoms with Crippen molar-refractivity contribution in [2.75, 3.05) is 23.3 Å². The summed E-state index contributed by atoms with van der Waals surface area (Å²) in [7, 11) is 0. The first-order valence-corrected chi connectivity index (χ1v) is 12.8. The molecule has 4 aromatic rings. The van der Waals surface area contributed by atoms with Crippen LogP contribution in [0.15, 0.2) is 97.2 Å². The number of rotatable bonds is 7. The topological polar surface area (TPSA) is 57.6 Å². The molecule has 1 aromatic heterocycles. The van der Waals surface area contributed by atoms with Crippen LogP contribution in [0.1, 0.15) is 42.6 Å².